The number of rotatable bonds is 5. The number of nitrogens with one attached hydrogen (secondary N) is 1. The SMILES string of the molecule is CCc1cc(=O)n2nc(N3CCN(C(C)C(=O)NC4CCCC4)CC3)sc2n1. The van der Waals surface area contributed by atoms with Crippen molar-refractivity contribution < 1.29 is 4.79 Å². The van der Waals surface area contributed by atoms with Crippen LogP contribution in [0.1, 0.15) is 45.2 Å². The van der Waals surface area contributed by atoms with Crippen LogP contribution in [-0.4, -0.2) is 63.7 Å². The van der Waals surface area contributed by atoms with Gasteiger partial charge < -0.3 is 10.2 Å². The molecule has 2 fully saturated rings. The van der Waals surface area contributed by atoms with Crippen LogP contribution in [0.2, 0.25) is 0 Å². The summed E-state index contributed by atoms with van der Waals surface area (Å²) in [6, 6.07) is 1.80. The maximum absolute atomic E-state index is 12.5. The molecule has 0 radical (unpaired) electrons. The summed E-state index contributed by atoms with van der Waals surface area (Å²) >= 11 is 1.45. The molecule has 2 aromatic heterocycles. The second kappa shape index (κ2) is 8.16. The molecular weight excluding hydrogens is 376 g/mol. The van der Waals surface area contributed by atoms with E-state index in [1.54, 1.807) is 6.07 Å². The molecule has 1 N–H and O–H groups in total. The van der Waals surface area contributed by atoms with E-state index in [-0.39, 0.29) is 17.5 Å². The molecule has 1 aliphatic heterocycles. The molecule has 3 heterocycles. The van der Waals surface area contributed by atoms with Crippen molar-refractivity contribution in [2.45, 2.75) is 58.0 Å². The normalized spacial score (nSPS) is 20.0. The van der Waals surface area contributed by atoms with Gasteiger partial charge in [0.05, 0.1) is 6.04 Å². The summed E-state index contributed by atoms with van der Waals surface area (Å²) in [4.78, 5) is 34.3. The van der Waals surface area contributed by atoms with Gasteiger partial charge in [-0.05, 0) is 26.2 Å². The largest absolute Gasteiger partial charge is 0.352 e. The molecule has 2 aliphatic rings. The Balaban J connectivity index is 1.38. The molecule has 2 aromatic rings. The first kappa shape index (κ1) is 19.3. The molecule has 0 bridgehead atoms. The first-order valence-electron chi connectivity index (χ1n) is 10.2. The second-order valence-corrected chi connectivity index (χ2v) is 8.64. The summed E-state index contributed by atoms with van der Waals surface area (Å²) < 4.78 is 1.39. The third-order valence-electron chi connectivity index (χ3n) is 5.86. The van der Waals surface area contributed by atoms with Crippen LogP contribution in [0.15, 0.2) is 10.9 Å². The molecular formula is C19H28N6O2S. The number of piperazine rings is 1. The number of hydrogen-bond acceptors (Lipinski definition) is 7. The van der Waals surface area contributed by atoms with Crippen molar-refractivity contribution in [1.29, 1.82) is 0 Å². The van der Waals surface area contributed by atoms with Crippen LogP contribution >= 0.6 is 11.3 Å². The van der Waals surface area contributed by atoms with Crippen LogP contribution in [0.3, 0.4) is 0 Å². The number of hydrogen-bond donors (Lipinski definition) is 1. The lowest BCUT2D eigenvalue weighted by molar-refractivity contribution is -0.126. The Labute approximate surface area is 168 Å². The van der Waals surface area contributed by atoms with Crippen molar-refractivity contribution in [3.63, 3.8) is 0 Å². The minimum absolute atomic E-state index is 0.116. The van der Waals surface area contributed by atoms with Crippen molar-refractivity contribution in [1.82, 2.24) is 24.8 Å². The molecule has 0 aromatic carbocycles. The molecule has 8 nitrogen and oxygen atoms in total. The highest BCUT2D eigenvalue weighted by Crippen LogP contribution is 2.23. The molecule has 1 atom stereocenters. The smallest absolute Gasteiger partial charge is 0.275 e. The number of aryl methyl sites for hydroxylation is 1. The minimum Gasteiger partial charge on any atom is -0.352 e. The predicted molar refractivity (Wildman–Crippen MR) is 110 cm³/mol. The van der Waals surface area contributed by atoms with Gasteiger partial charge in [0.25, 0.3) is 5.56 Å². The summed E-state index contributed by atoms with van der Waals surface area (Å²) in [5.41, 5.74) is 0.673. The average Bonchev–Trinajstić information content (AvgIpc) is 3.37. The van der Waals surface area contributed by atoms with Crippen LogP contribution in [0.25, 0.3) is 4.96 Å². The Morgan fingerprint density at radius 2 is 2.00 bits per heavy atom. The number of fused-ring (bicyclic) bond motifs is 1. The third kappa shape index (κ3) is 3.91. The zero-order chi connectivity index (χ0) is 19.7. The third-order valence-corrected chi connectivity index (χ3v) is 6.83. The van der Waals surface area contributed by atoms with E-state index in [4.69, 9.17) is 0 Å². The van der Waals surface area contributed by atoms with Crippen molar-refractivity contribution in [3.05, 3.63) is 22.1 Å². The lowest BCUT2D eigenvalue weighted by atomic mass is 10.2. The lowest BCUT2D eigenvalue weighted by Gasteiger charge is -2.37. The highest BCUT2D eigenvalue weighted by molar-refractivity contribution is 7.20. The molecule has 1 saturated heterocycles. The summed E-state index contributed by atoms with van der Waals surface area (Å²) in [5.74, 6) is 0.142. The van der Waals surface area contributed by atoms with Gasteiger partial charge in [-0.25, -0.2) is 4.98 Å². The van der Waals surface area contributed by atoms with Gasteiger partial charge in [-0.1, -0.05) is 31.1 Å². The number of carbonyl (C=O) groups excluding carboxylic acids is 1. The van der Waals surface area contributed by atoms with Gasteiger partial charge in [0.2, 0.25) is 16.0 Å². The fourth-order valence-corrected chi connectivity index (χ4v) is 4.99. The van der Waals surface area contributed by atoms with Gasteiger partial charge in [0.1, 0.15) is 0 Å². The van der Waals surface area contributed by atoms with E-state index in [9.17, 15) is 9.59 Å². The van der Waals surface area contributed by atoms with Crippen LogP contribution in [0.5, 0.6) is 0 Å². The maximum atomic E-state index is 12.5. The molecule has 0 spiro atoms. The monoisotopic (exact) mass is 404 g/mol. The quantitative estimate of drug-likeness (QED) is 0.808. The Morgan fingerprint density at radius 1 is 1.29 bits per heavy atom. The van der Waals surface area contributed by atoms with E-state index < -0.39 is 0 Å². The number of anilines is 1. The van der Waals surface area contributed by atoms with Crippen molar-refractivity contribution in [2.24, 2.45) is 0 Å². The fraction of sp³-hybridized carbons (Fsp3) is 0.684. The Bertz CT molecular complexity index is 895. The number of nitrogens with zero attached hydrogens (tertiary/aromatic N) is 5. The molecule has 1 unspecified atom stereocenters. The lowest BCUT2D eigenvalue weighted by Crippen LogP contribution is -2.54. The van der Waals surface area contributed by atoms with Gasteiger partial charge in [-0.2, -0.15) is 4.52 Å². The van der Waals surface area contributed by atoms with Crippen LogP contribution in [0, 0.1) is 0 Å². The fourth-order valence-electron chi connectivity index (χ4n) is 4.01. The maximum Gasteiger partial charge on any atom is 0.275 e. The van der Waals surface area contributed by atoms with Crippen LogP contribution in [0.4, 0.5) is 5.13 Å². The zero-order valence-electron chi connectivity index (χ0n) is 16.6. The van der Waals surface area contributed by atoms with Gasteiger partial charge in [0.15, 0.2) is 0 Å². The molecule has 152 valence electrons. The summed E-state index contributed by atoms with van der Waals surface area (Å²) in [7, 11) is 0. The molecule has 28 heavy (non-hydrogen) atoms. The molecule has 4 rings (SSSR count). The molecule has 1 saturated carbocycles. The average molecular weight is 405 g/mol. The summed E-state index contributed by atoms with van der Waals surface area (Å²) in [6.07, 6.45) is 5.39. The van der Waals surface area contributed by atoms with E-state index in [1.165, 1.54) is 28.7 Å². The number of amides is 1. The van der Waals surface area contributed by atoms with Gasteiger partial charge in [0, 0.05) is 44.0 Å². The van der Waals surface area contributed by atoms with E-state index in [0.717, 1.165) is 56.3 Å². The van der Waals surface area contributed by atoms with E-state index in [1.807, 2.05) is 13.8 Å². The second-order valence-electron chi connectivity index (χ2n) is 7.71. The first-order chi connectivity index (χ1) is 13.5. The highest BCUT2D eigenvalue weighted by Gasteiger charge is 2.28. The topological polar surface area (TPSA) is 82.8 Å². The zero-order valence-corrected chi connectivity index (χ0v) is 17.4. The standard InChI is InChI=1S/C19H28N6O2S/c1-3-14-12-16(26)25-18(21-14)28-19(22-25)24-10-8-23(9-11-24)13(2)17(27)20-15-6-4-5-7-15/h12-13,15H,3-11H2,1-2H3,(H,20,27). The van der Waals surface area contributed by atoms with Crippen LogP contribution in [-0.2, 0) is 11.2 Å². The Hall–Kier alpha value is -2.00. The van der Waals surface area contributed by atoms with E-state index >= 15 is 0 Å². The predicted octanol–water partition coefficient (Wildman–Crippen LogP) is 1.28. The highest BCUT2D eigenvalue weighted by atomic mass is 32.1. The van der Waals surface area contributed by atoms with E-state index in [2.05, 4.69) is 25.2 Å². The Kier molecular flexibility index (Phi) is 5.63. The van der Waals surface area contributed by atoms with Gasteiger partial charge >= 0.3 is 0 Å². The molecule has 1 amide bonds. The summed E-state index contributed by atoms with van der Waals surface area (Å²) in [6.45, 7) is 7.17. The number of aromatic nitrogens is 3. The van der Waals surface area contributed by atoms with Gasteiger partial charge in [-0.3, -0.25) is 14.5 Å². The van der Waals surface area contributed by atoms with Gasteiger partial charge in [-0.15, -0.1) is 5.10 Å². The van der Waals surface area contributed by atoms with Crippen LogP contribution < -0.4 is 15.8 Å². The Morgan fingerprint density at radius 3 is 2.68 bits per heavy atom. The minimum atomic E-state index is -0.125. The van der Waals surface area contributed by atoms with E-state index in [0.29, 0.717) is 11.0 Å². The molecule has 9 heteroatoms. The molecule has 1 aliphatic carbocycles. The van der Waals surface area contributed by atoms with Crippen molar-refractivity contribution >= 4 is 27.3 Å². The first-order valence-corrected chi connectivity index (χ1v) is 11.1. The number of carbonyl (C=O) groups is 1. The van der Waals surface area contributed by atoms with Crippen molar-refractivity contribution in [3.8, 4) is 0 Å². The van der Waals surface area contributed by atoms with Crippen molar-refractivity contribution in [2.75, 3.05) is 31.1 Å². The summed E-state index contributed by atoms with van der Waals surface area (Å²) in [5, 5.41) is 8.50.